The highest BCUT2D eigenvalue weighted by molar-refractivity contribution is 7.23. The first-order valence-electron chi connectivity index (χ1n) is 12.0. The quantitative estimate of drug-likeness (QED) is 0.236. The summed E-state index contributed by atoms with van der Waals surface area (Å²) in [5, 5.41) is 11.4. The molecule has 0 saturated carbocycles. The molecule has 0 fully saturated rings. The predicted octanol–water partition coefficient (Wildman–Crippen LogP) is 5.66. The molecule has 6 aromatic rings. The Kier molecular flexibility index (Phi) is 4.18. The van der Waals surface area contributed by atoms with E-state index in [1.807, 2.05) is 0 Å². The van der Waals surface area contributed by atoms with Crippen molar-refractivity contribution in [1.82, 2.24) is 0 Å². The molecule has 34 heavy (non-hydrogen) atoms. The maximum atomic E-state index is 2.39. The van der Waals surface area contributed by atoms with Crippen molar-refractivity contribution in [3.8, 4) is 11.1 Å². The molecule has 0 N–H and O–H groups in total. The maximum absolute atomic E-state index is 2.52. The molecule has 0 atom stereocenters. The van der Waals surface area contributed by atoms with Crippen molar-refractivity contribution in [2.24, 2.45) is 0 Å². The summed E-state index contributed by atoms with van der Waals surface area (Å²) < 4.78 is 0. The third kappa shape index (κ3) is 2.48. The summed E-state index contributed by atoms with van der Waals surface area (Å²) in [5.41, 5.74) is 4.12. The Bertz CT molecular complexity index is 1660. The minimum absolute atomic E-state index is 1.33. The SMILES string of the molecule is Cc1cccc2c1ccc1ccc3c(c12)[Si](c1ccccc1)(c1ccccc1)c1ccccc1-3. The number of benzene rings is 6. The fourth-order valence-corrected chi connectivity index (χ4v) is 11.7. The average molecular weight is 449 g/mol. The van der Waals surface area contributed by atoms with E-state index >= 15 is 0 Å². The maximum Gasteiger partial charge on any atom is 0.181 e. The topological polar surface area (TPSA) is 0 Å². The van der Waals surface area contributed by atoms with E-state index in [4.69, 9.17) is 0 Å². The molecular formula is C33H24Si. The zero-order valence-corrected chi connectivity index (χ0v) is 20.1. The molecule has 1 heterocycles. The molecule has 1 aliphatic heterocycles. The van der Waals surface area contributed by atoms with Gasteiger partial charge in [0.25, 0.3) is 0 Å². The van der Waals surface area contributed by atoms with E-state index in [0.717, 1.165) is 0 Å². The first-order valence-corrected chi connectivity index (χ1v) is 14.0. The zero-order chi connectivity index (χ0) is 22.7. The second-order valence-electron chi connectivity index (χ2n) is 9.35. The molecule has 0 amide bonds. The smallest absolute Gasteiger partial charge is 0.0623 e. The molecule has 1 heteroatoms. The van der Waals surface area contributed by atoms with E-state index < -0.39 is 8.07 Å². The number of hydrogen-bond acceptors (Lipinski definition) is 0. The molecule has 0 aromatic heterocycles. The largest absolute Gasteiger partial charge is 0.181 e. The molecule has 0 saturated heterocycles. The average Bonchev–Trinajstić information content (AvgIpc) is 3.21. The van der Waals surface area contributed by atoms with Gasteiger partial charge in [0.15, 0.2) is 8.07 Å². The van der Waals surface area contributed by atoms with Crippen LogP contribution in [0.25, 0.3) is 32.7 Å². The van der Waals surface area contributed by atoms with Crippen molar-refractivity contribution in [2.75, 3.05) is 0 Å². The second-order valence-corrected chi connectivity index (χ2v) is 13.0. The summed E-state index contributed by atoms with van der Waals surface area (Å²) in [6.07, 6.45) is 0. The van der Waals surface area contributed by atoms with Gasteiger partial charge in [-0.25, -0.2) is 0 Å². The van der Waals surface area contributed by atoms with Crippen molar-refractivity contribution in [3.63, 3.8) is 0 Å². The van der Waals surface area contributed by atoms with Crippen LogP contribution in [-0.2, 0) is 0 Å². The van der Waals surface area contributed by atoms with Gasteiger partial charge in [-0.1, -0.05) is 127 Å². The molecule has 6 aromatic carbocycles. The lowest BCUT2D eigenvalue weighted by Crippen LogP contribution is -2.73. The van der Waals surface area contributed by atoms with Crippen LogP contribution in [-0.4, -0.2) is 8.07 Å². The Hall–Kier alpha value is -3.94. The Morgan fingerprint density at radius 3 is 1.85 bits per heavy atom. The molecule has 7 rings (SSSR count). The van der Waals surface area contributed by atoms with Crippen LogP contribution in [0.1, 0.15) is 5.56 Å². The fourth-order valence-electron chi connectivity index (χ4n) is 6.28. The van der Waals surface area contributed by atoms with Crippen LogP contribution < -0.4 is 20.7 Å². The van der Waals surface area contributed by atoms with Crippen LogP contribution >= 0.6 is 0 Å². The van der Waals surface area contributed by atoms with Crippen molar-refractivity contribution in [1.29, 1.82) is 0 Å². The van der Waals surface area contributed by atoms with Gasteiger partial charge in [0.2, 0.25) is 0 Å². The second kappa shape index (κ2) is 7.28. The zero-order valence-electron chi connectivity index (χ0n) is 19.1. The summed E-state index contributed by atoms with van der Waals surface area (Å²) in [4.78, 5) is 0. The lowest BCUT2D eigenvalue weighted by atomic mass is 9.95. The molecular weight excluding hydrogens is 424 g/mol. The van der Waals surface area contributed by atoms with Crippen molar-refractivity contribution >= 4 is 50.4 Å². The number of fused-ring (bicyclic) bond motifs is 7. The Morgan fingerprint density at radius 2 is 1.12 bits per heavy atom. The van der Waals surface area contributed by atoms with Crippen molar-refractivity contribution in [2.45, 2.75) is 6.92 Å². The highest BCUT2D eigenvalue weighted by Crippen LogP contribution is 2.35. The molecule has 0 nitrogen and oxygen atoms in total. The Morgan fingerprint density at radius 1 is 0.471 bits per heavy atom. The predicted molar refractivity (Wildman–Crippen MR) is 149 cm³/mol. The summed E-state index contributed by atoms with van der Waals surface area (Å²) >= 11 is 0. The van der Waals surface area contributed by atoms with Crippen LogP contribution in [0.5, 0.6) is 0 Å². The van der Waals surface area contributed by atoms with E-state index in [1.54, 1.807) is 5.19 Å². The van der Waals surface area contributed by atoms with Crippen LogP contribution in [0.3, 0.4) is 0 Å². The van der Waals surface area contributed by atoms with Crippen LogP contribution in [0.4, 0.5) is 0 Å². The van der Waals surface area contributed by atoms with Gasteiger partial charge in [0.05, 0.1) is 0 Å². The number of aryl methyl sites for hydroxylation is 1. The molecule has 1 aliphatic rings. The molecule has 0 spiro atoms. The first kappa shape index (κ1) is 19.5. The minimum atomic E-state index is -2.52. The molecule has 0 bridgehead atoms. The van der Waals surface area contributed by atoms with Gasteiger partial charge < -0.3 is 0 Å². The monoisotopic (exact) mass is 448 g/mol. The molecule has 0 radical (unpaired) electrons. The molecule has 0 unspecified atom stereocenters. The third-order valence-corrected chi connectivity index (χ3v) is 12.6. The molecule has 0 aliphatic carbocycles. The lowest BCUT2D eigenvalue weighted by molar-refractivity contribution is 1.54. The summed E-state index contributed by atoms with van der Waals surface area (Å²) in [6.45, 7) is 2.23. The van der Waals surface area contributed by atoms with Crippen LogP contribution in [0.15, 0.2) is 127 Å². The fraction of sp³-hybridized carbons (Fsp3) is 0.0303. The Balaban J connectivity index is 1.78. The van der Waals surface area contributed by atoms with Gasteiger partial charge in [-0.3, -0.25) is 0 Å². The van der Waals surface area contributed by atoms with Crippen molar-refractivity contribution in [3.05, 3.63) is 133 Å². The van der Waals surface area contributed by atoms with E-state index in [9.17, 15) is 0 Å². The summed E-state index contributed by atoms with van der Waals surface area (Å²) in [7, 11) is -2.52. The van der Waals surface area contributed by atoms with Crippen molar-refractivity contribution < 1.29 is 0 Å². The van der Waals surface area contributed by atoms with E-state index in [2.05, 4.69) is 134 Å². The minimum Gasteiger partial charge on any atom is -0.0623 e. The third-order valence-electron chi connectivity index (χ3n) is 7.67. The van der Waals surface area contributed by atoms with Gasteiger partial charge in [-0.15, -0.1) is 0 Å². The highest BCUT2D eigenvalue weighted by Gasteiger charge is 2.49. The number of hydrogen-bond donors (Lipinski definition) is 0. The summed E-state index contributed by atoms with van der Waals surface area (Å²) in [6, 6.07) is 47.8. The lowest BCUT2D eigenvalue weighted by Gasteiger charge is -2.32. The molecule has 160 valence electrons. The van der Waals surface area contributed by atoms with Gasteiger partial charge in [0, 0.05) is 0 Å². The van der Waals surface area contributed by atoms with Gasteiger partial charge in [0.1, 0.15) is 0 Å². The van der Waals surface area contributed by atoms with Crippen LogP contribution in [0.2, 0.25) is 0 Å². The van der Waals surface area contributed by atoms with Gasteiger partial charge in [-0.05, 0) is 65.9 Å². The van der Waals surface area contributed by atoms with Crippen LogP contribution in [0, 0.1) is 6.92 Å². The standard InChI is InChI=1S/C33H24Si/c1-23-11-10-17-29-27(23)21-19-24-20-22-30-28-16-8-9-18-31(28)34(33(30)32(24)29,25-12-4-2-5-13-25)26-14-6-3-7-15-26/h2-22H,1H3. The highest BCUT2D eigenvalue weighted by atomic mass is 28.3. The van der Waals surface area contributed by atoms with E-state index in [-0.39, 0.29) is 0 Å². The van der Waals surface area contributed by atoms with Gasteiger partial charge >= 0.3 is 0 Å². The van der Waals surface area contributed by atoms with E-state index in [1.165, 1.54) is 53.8 Å². The Labute approximate surface area is 201 Å². The van der Waals surface area contributed by atoms with E-state index in [0.29, 0.717) is 0 Å². The normalized spacial score (nSPS) is 13.7. The van der Waals surface area contributed by atoms with Gasteiger partial charge in [-0.2, -0.15) is 0 Å². The number of rotatable bonds is 2. The first-order chi connectivity index (χ1) is 16.8. The summed E-state index contributed by atoms with van der Waals surface area (Å²) in [5.74, 6) is 0.